The molecule has 2 N–H and O–H groups in total. The highest BCUT2D eigenvalue weighted by Gasteiger charge is 2.26. The average molecular weight is 348 g/mol. The monoisotopic (exact) mass is 348 g/mol. The Morgan fingerprint density at radius 3 is 2.17 bits per heavy atom. The molecule has 5 nitrogen and oxygen atoms in total. The van der Waals surface area contributed by atoms with E-state index in [4.69, 9.17) is 17.3 Å². The minimum atomic E-state index is -0.761. The van der Waals surface area contributed by atoms with Gasteiger partial charge in [-0.15, -0.1) is 0 Å². The predicted molar refractivity (Wildman–Crippen MR) is 97.1 cm³/mol. The maximum Gasteiger partial charge on any atom is 0.306 e. The first-order chi connectivity index (χ1) is 11.2. The fraction of sp³-hybridized carbons (Fsp3) is 0.500. The third-order valence-corrected chi connectivity index (χ3v) is 4.73. The van der Waals surface area contributed by atoms with E-state index in [1.807, 2.05) is 17.0 Å². The third-order valence-electron chi connectivity index (χ3n) is 4.36. The molecule has 2 rings (SSSR count). The van der Waals surface area contributed by atoms with E-state index in [2.05, 4.69) is 26.1 Å². The number of carbonyl (C=O) groups excluding carboxylic acids is 1. The number of nitrogens with one attached hydrogen (secondary N) is 1. The van der Waals surface area contributed by atoms with Crippen LogP contribution in [0.1, 0.15) is 49.5 Å². The lowest BCUT2D eigenvalue weighted by atomic mass is 9.87. The largest absolute Gasteiger partial charge is 0.481 e. The number of aliphatic carboxylic acids is 1. The van der Waals surface area contributed by atoms with Crippen molar-refractivity contribution in [3.8, 4) is 0 Å². The molecule has 0 atom stereocenters. The van der Waals surface area contributed by atoms with Gasteiger partial charge in [-0.3, -0.25) is 14.9 Å². The van der Waals surface area contributed by atoms with Crippen molar-refractivity contribution in [3.05, 3.63) is 35.4 Å². The van der Waals surface area contributed by atoms with Crippen molar-refractivity contribution in [2.75, 3.05) is 13.1 Å². The number of amides is 1. The number of likely N-dealkylation sites (tertiary alicyclic amines) is 1. The molecule has 0 aromatic heterocycles. The maximum atomic E-state index is 12.3. The molecule has 0 saturated carbocycles. The molecule has 1 aliphatic heterocycles. The molecule has 0 aliphatic carbocycles. The number of carboxylic acids is 1. The van der Waals surface area contributed by atoms with E-state index in [1.165, 1.54) is 0 Å². The Balaban J connectivity index is 1.92. The summed E-state index contributed by atoms with van der Waals surface area (Å²) in [6, 6.07) is 7.51. The second-order valence-corrected chi connectivity index (χ2v) is 7.57. The van der Waals surface area contributed by atoms with Crippen molar-refractivity contribution in [2.24, 2.45) is 5.92 Å². The van der Waals surface area contributed by atoms with Crippen molar-refractivity contribution >= 4 is 29.2 Å². The summed E-state index contributed by atoms with van der Waals surface area (Å²) in [5, 5.41) is 12.1. The van der Waals surface area contributed by atoms with E-state index in [1.54, 1.807) is 12.1 Å². The zero-order valence-corrected chi connectivity index (χ0v) is 15.2. The smallest absolute Gasteiger partial charge is 0.306 e. The van der Waals surface area contributed by atoms with Crippen molar-refractivity contribution in [1.29, 1.82) is 0 Å². The molecule has 1 heterocycles. The maximum absolute atomic E-state index is 12.3. The van der Waals surface area contributed by atoms with Gasteiger partial charge in [0.2, 0.25) is 0 Å². The van der Waals surface area contributed by atoms with Crippen LogP contribution in [-0.4, -0.2) is 40.1 Å². The quantitative estimate of drug-likeness (QED) is 0.804. The lowest BCUT2D eigenvalue weighted by molar-refractivity contribution is -0.143. The number of carbonyl (C=O) groups is 2. The molecule has 1 aromatic carbocycles. The zero-order valence-electron chi connectivity index (χ0n) is 14.3. The number of thiocarbonyl (C=S) groups is 1. The standard InChI is InChI=1S/C18H24N2O3S/c1-18(2,3)14-6-4-12(5-7-14)15(21)19-17(24)20-10-8-13(9-11-20)16(22)23/h4-7,13H,8-11H2,1-3H3,(H,22,23)(H,19,21,24). The predicted octanol–water partition coefficient (Wildman–Crippen LogP) is 2.80. The number of benzene rings is 1. The van der Waals surface area contributed by atoms with Crippen LogP contribution in [0.4, 0.5) is 0 Å². The van der Waals surface area contributed by atoms with Crippen molar-refractivity contribution in [1.82, 2.24) is 10.2 Å². The van der Waals surface area contributed by atoms with E-state index in [0.717, 1.165) is 5.56 Å². The summed E-state index contributed by atoms with van der Waals surface area (Å²) >= 11 is 5.29. The zero-order chi connectivity index (χ0) is 17.9. The van der Waals surface area contributed by atoms with Gasteiger partial charge in [-0.2, -0.15) is 0 Å². The highest BCUT2D eigenvalue weighted by atomic mass is 32.1. The van der Waals surface area contributed by atoms with Crippen LogP contribution in [0.3, 0.4) is 0 Å². The summed E-state index contributed by atoms with van der Waals surface area (Å²) in [4.78, 5) is 25.1. The molecule has 0 bridgehead atoms. The van der Waals surface area contributed by atoms with Gasteiger partial charge >= 0.3 is 5.97 Å². The molecule has 0 radical (unpaired) electrons. The molecule has 6 heteroatoms. The van der Waals surface area contributed by atoms with Gasteiger partial charge in [0, 0.05) is 18.7 Å². The molecule has 1 saturated heterocycles. The SMILES string of the molecule is CC(C)(C)c1ccc(C(=O)NC(=S)N2CCC(C(=O)O)CC2)cc1. The van der Waals surface area contributed by atoms with E-state index in [0.29, 0.717) is 36.6 Å². The first kappa shape index (κ1) is 18.4. The second-order valence-electron chi connectivity index (χ2n) is 7.19. The van der Waals surface area contributed by atoms with Crippen LogP contribution >= 0.6 is 12.2 Å². The van der Waals surface area contributed by atoms with E-state index < -0.39 is 5.97 Å². The summed E-state index contributed by atoms with van der Waals surface area (Å²) in [6.45, 7) is 7.48. The second kappa shape index (κ2) is 7.30. The van der Waals surface area contributed by atoms with Crippen molar-refractivity contribution in [2.45, 2.75) is 39.0 Å². The Bertz CT molecular complexity index is 627. The van der Waals surface area contributed by atoms with Crippen LogP contribution in [0.15, 0.2) is 24.3 Å². The molecular formula is C18H24N2O3S. The molecule has 1 amide bonds. The molecule has 0 unspecified atom stereocenters. The van der Waals surface area contributed by atoms with E-state index in [-0.39, 0.29) is 17.2 Å². The molecular weight excluding hydrogens is 324 g/mol. The van der Waals surface area contributed by atoms with Crippen molar-refractivity contribution in [3.63, 3.8) is 0 Å². The van der Waals surface area contributed by atoms with Crippen LogP contribution in [0.5, 0.6) is 0 Å². The lowest BCUT2D eigenvalue weighted by Gasteiger charge is -2.31. The fourth-order valence-electron chi connectivity index (χ4n) is 2.70. The van der Waals surface area contributed by atoms with Gasteiger partial charge in [0.25, 0.3) is 5.91 Å². The average Bonchev–Trinajstić information content (AvgIpc) is 2.54. The minimum absolute atomic E-state index is 0.0405. The molecule has 1 aliphatic rings. The highest BCUT2D eigenvalue weighted by Crippen LogP contribution is 2.22. The Morgan fingerprint density at radius 2 is 1.71 bits per heavy atom. The number of piperidine rings is 1. The topological polar surface area (TPSA) is 69.6 Å². The van der Waals surface area contributed by atoms with Crippen LogP contribution in [-0.2, 0) is 10.2 Å². The Morgan fingerprint density at radius 1 is 1.17 bits per heavy atom. The third kappa shape index (κ3) is 4.54. The van der Waals surface area contributed by atoms with Crippen LogP contribution in [0, 0.1) is 5.92 Å². The Labute approximate surface area is 148 Å². The summed E-state index contributed by atoms with van der Waals surface area (Å²) < 4.78 is 0. The number of nitrogens with zero attached hydrogens (tertiary/aromatic N) is 1. The normalized spacial score (nSPS) is 15.9. The fourth-order valence-corrected chi connectivity index (χ4v) is 2.97. The van der Waals surface area contributed by atoms with E-state index in [9.17, 15) is 9.59 Å². The number of hydrogen-bond donors (Lipinski definition) is 2. The minimum Gasteiger partial charge on any atom is -0.481 e. The summed E-state index contributed by atoms with van der Waals surface area (Å²) in [5.74, 6) is -1.31. The summed E-state index contributed by atoms with van der Waals surface area (Å²) in [7, 11) is 0. The van der Waals surface area contributed by atoms with Gasteiger partial charge in [-0.05, 0) is 48.2 Å². The number of carboxylic acid groups (broad SMARTS) is 1. The number of rotatable bonds is 2. The number of hydrogen-bond acceptors (Lipinski definition) is 3. The van der Waals surface area contributed by atoms with Gasteiger partial charge in [0.15, 0.2) is 5.11 Å². The summed E-state index contributed by atoms with van der Waals surface area (Å²) in [6.07, 6.45) is 1.09. The van der Waals surface area contributed by atoms with Crippen LogP contribution < -0.4 is 5.32 Å². The highest BCUT2D eigenvalue weighted by molar-refractivity contribution is 7.80. The molecule has 130 valence electrons. The first-order valence-electron chi connectivity index (χ1n) is 8.12. The van der Waals surface area contributed by atoms with Crippen molar-refractivity contribution < 1.29 is 14.7 Å². The van der Waals surface area contributed by atoms with Gasteiger partial charge < -0.3 is 10.0 Å². The van der Waals surface area contributed by atoms with Gasteiger partial charge in [0.05, 0.1) is 5.92 Å². The lowest BCUT2D eigenvalue weighted by Crippen LogP contribution is -2.47. The van der Waals surface area contributed by atoms with E-state index >= 15 is 0 Å². The Hall–Kier alpha value is -1.95. The first-order valence-corrected chi connectivity index (χ1v) is 8.53. The van der Waals surface area contributed by atoms with Gasteiger partial charge in [-0.25, -0.2) is 0 Å². The summed E-state index contributed by atoms with van der Waals surface area (Å²) in [5.41, 5.74) is 1.77. The van der Waals surface area contributed by atoms with Crippen LogP contribution in [0.25, 0.3) is 0 Å². The Kier molecular flexibility index (Phi) is 5.59. The molecule has 1 aromatic rings. The molecule has 0 spiro atoms. The van der Waals surface area contributed by atoms with Crippen LogP contribution in [0.2, 0.25) is 0 Å². The molecule has 24 heavy (non-hydrogen) atoms. The molecule has 1 fully saturated rings. The van der Waals surface area contributed by atoms with Gasteiger partial charge in [0.1, 0.15) is 0 Å². The van der Waals surface area contributed by atoms with Gasteiger partial charge in [-0.1, -0.05) is 32.9 Å².